The van der Waals surface area contributed by atoms with Crippen molar-refractivity contribution >= 4 is 17.3 Å². The molecule has 0 saturated heterocycles. The number of benzene rings is 1. The zero-order valence-electron chi connectivity index (χ0n) is 11.4. The quantitative estimate of drug-likeness (QED) is 0.759. The molecule has 1 unspecified atom stereocenters. The first kappa shape index (κ1) is 14.4. The summed E-state index contributed by atoms with van der Waals surface area (Å²) >= 11 is 0. The summed E-state index contributed by atoms with van der Waals surface area (Å²) in [6, 6.07) is 5.24. The molecule has 18 heavy (non-hydrogen) atoms. The molecule has 1 aromatic rings. The van der Waals surface area contributed by atoms with Crippen LogP contribution in [0.3, 0.4) is 0 Å². The summed E-state index contributed by atoms with van der Waals surface area (Å²) in [6.07, 6.45) is 1.10. The summed E-state index contributed by atoms with van der Waals surface area (Å²) in [4.78, 5) is 13.6. The molecule has 0 fully saturated rings. The van der Waals surface area contributed by atoms with Crippen LogP contribution in [0.2, 0.25) is 0 Å². The molecule has 0 saturated carbocycles. The monoisotopic (exact) mass is 249 g/mol. The van der Waals surface area contributed by atoms with Gasteiger partial charge in [0, 0.05) is 18.8 Å². The van der Waals surface area contributed by atoms with Crippen molar-refractivity contribution in [1.82, 2.24) is 0 Å². The fraction of sp³-hybridized carbons (Fsp3) is 0.500. The van der Waals surface area contributed by atoms with Crippen LogP contribution in [-0.4, -0.2) is 19.0 Å². The van der Waals surface area contributed by atoms with Crippen molar-refractivity contribution in [3.05, 3.63) is 23.8 Å². The normalized spacial score (nSPS) is 12.2. The van der Waals surface area contributed by atoms with E-state index in [2.05, 4.69) is 25.7 Å². The maximum atomic E-state index is 11.5. The molecule has 0 radical (unpaired) electrons. The Morgan fingerprint density at radius 2 is 2.06 bits per heavy atom. The molecule has 4 heteroatoms. The lowest BCUT2D eigenvalue weighted by Gasteiger charge is -2.28. The third-order valence-corrected chi connectivity index (χ3v) is 3.24. The van der Waals surface area contributed by atoms with Crippen LogP contribution < -0.4 is 16.4 Å². The molecular formula is C14H23N3O. The SMILES string of the molecule is CCC(C)CN(CC)c1cc(N)ccc1C(N)=O. The van der Waals surface area contributed by atoms with Gasteiger partial charge in [0.1, 0.15) is 0 Å². The van der Waals surface area contributed by atoms with Gasteiger partial charge in [0.05, 0.1) is 11.3 Å². The molecule has 0 aliphatic carbocycles. The van der Waals surface area contributed by atoms with Gasteiger partial charge < -0.3 is 16.4 Å². The summed E-state index contributed by atoms with van der Waals surface area (Å²) in [6.45, 7) is 8.15. The fourth-order valence-corrected chi connectivity index (χ4v) is 1.92. The smallest absolute Gasteiger partial charge is 0.250 e. The molecule has 0 aliphatic rings. The maximum absolute atomic E-state index is 11.5. The van der Waals surface area contributed by atoms with Crippen LogP contribution in [-0.2, 0) is 0 Å². The number of carbonyl (C=O) groups excluding carboxylic acids is 1. The second kappa shape index (κ2) is 6.28. The summed E-state index contributed by atoms with van der Waals surface area (Å²) in [5.41, 5.74) is 13.2. The lowest BCUT2D eigenvalue weighted by molar-refractivity contribution is 0.100. The molecule has 0 aliphatic heterocycles. The summed E-state index contributed by atoms with van der Waals surface area (Å²) in [5.74, 6) is 0.153. The number of primary amides is 1. The number of rotatable bonds is 6. The van der Waals surface area contributed by atoms with Crippen molar-refractivity contribution in [3.63, 3.8) is 0 Å². The number of amides is 1. The number of nitrogens with zero attached hydrogens (tertiary/aromatic N) is 1. The van der Waals surface area contributed by atoms with E-state index in [9.17, 15) is 4.79 Å². The lowest BCUT2D eigenvalue weighted by Crippen LogP contribution is -2.30. The Morgan fingerprint density at radius 1 is 1.39 bits per heavy atom. The zero-order chi connectivity index (χ0) is 13.7. The molecular weight excluding hydrogens is 226 g/mol. The van der Waals surface area contributed by atoms with E-state index in [1.54, 1.807) is 12.1 Å². The van der Waals surface area contributed by atoms with E-state index in [4.69, 9.17) is 11.5 Å². The van der Waals surface area contributed by atoms with Gasteiger partial charge in [0.15, 0.2) is 0 Å². The van der Waals surface area contributed by atoms with Gasteiger partial charge in [-0.05, 0) is 31.0 Å². The number of anilines is 2. The zero-order valence-corrected chi connectivity index (χ0v) is 11.4. The van der Waals surface area contributed by atoms with Gasteiger partial charge in [0.2, 0.25) is 0 Å². The molecule has 4 nitrogen and oxygen atoms in total. The van der Waals surface area contributed by atoms with Gasteiger partial charge >= 0.3 is 0 Å². The van der Waals surface area contributed by atoms with Crippen LogP contribution >= 0.6 is 0 Å². The first-order valence-electron chi connectivity index (χ1n) is 6.43. The van der Waals surface area contributed by atoms with Crippen LogP contribution in [0, 0.1) is 5.92 Å². The predicted molar refractivity (Wildman–Crippen MR) is 76.7 cm³/mol. The van der Waals surface area contributed by atoms with Crippen LogP contribution in [0.25, 0.3) is 0 Å². The standard InChI is InChI=1S/C14H23N3O/c1-4-10(3)9-17(5-2)13-8-11(15)6-7-12(13)14(16)18/h6-8,10H,4-5,9,15H2,1-3H3,(H2,16,18). The topological polar surface area (TPSA) is 72.3 Å². The summed E-state index contributed by atoms with van der Waals surface area (Å²) < 4.78 is 0. The summed E-state index contributed by atoms with van der Waals surface area (Å²) in [7, 11) is 0. The predicted octanol–water partition coefficient (Wildman–Crippen LogP) is 2.24. The van der Waals surface area contributed by atoms with E-state index >= 15 is 0 Å². The fourth-order valence-electron chi connectivity index (χ4n) is 1.92. The number of nitrogen functional groups attached to an aromatic ring is 1. The van der Waals surface area contributed by atoms with E-state index in [0.29, 0.717) is 17.2 Å². The third-order valence-electron chi connectivity index (χ3n) is 3.24. The van der Waals surface area contributed by atoms with E-state index in [1.165, 1.54) is 0 Å². The van der Waals surface area contributed by atoms with E-state index in [1.807, 2.05) is 6.07 Å². The van der Waals surface area contributed by atoms with Crippen molar-refractivity contribution in [1.29, 1.82) is 0 Å². The second-order valence-corrected chi connectivity index (χ2v) is 4.69. The lowest BCUT2D eigenvalue weighted by atomic mass is 10.1. The molecule has 0 aromatic heterocycles. The molecule has 0 heterocycles. The molecule has 100 valence electrons. The minimum Gasteiger partial charge on any atom is -0.399 e. The molecule has 1 aromatic carbocycles. The van der Waals surface area contributed by atoms with Crippen molar-refractivity contribution in [3.8, 4) is 0 Å². The highest BCUT2D eigenvalue weighted by atomic mass is 16.1. The van der Waals surface area contributed by atoms with Gasteiger partial charge in [-0.15, -0.1) is 0 Å². The summed E-state index contributed by atoms with van der Waals surface area (Å²) in [5, 5.41) is 0. The molecule has 1 rings (SSSR count). The van der Waals surface area contributed by atoms with E-state index in [-0.39, 0.29) is 0 Å². The highest BCUT2D eigenvalue weighted by Gasteiger charge is 2.15. The number of hydrogen-bond donors (Lipinski definition) is 2. The highest BCUT2D eigenvalue weighted by Crippen LogP contribution is 2.24. The first-order chi connectivity index (χ1) is 8.49. The van der Waals surface area contributed by atoms with Crippen molar-refractivity contribution < 1.29 is 4.79 Å². The number of nitrogens with two attached hydrogens (primary N) is 2. The first-order valence-corrected chi connectivity index (χ1v) is 6.43. The van der Waals surface area contributed by atoms with Gasteiger partial charge in [-0.3, -0.25) is 4.79 Å². The van der Waals surface area contributed by atoms with Gasteiger partial charge in [0.25, 0.3) is 5.91 Å². The van der Waals surface area contributed by atoms with Crippen LogP contribution in [0.4, 0.5) is 11.4 Å². The largest absolute Gasteiger partial charge is 0.399 e. The minimum atomic E-state index is -0.410. The second-order valence-electron chi connectivity index (χ2n) is 4.69. The molecule has 0 spiro atoms. The Kier molecular flexibility index (Phi) is 5.01. The average Bonchev–Trinajstić information content (AvgIpc) is 2.35. The Morgan fingerprint density at radius 3 is 2.56 bits per heavy atom. The third kappa shape index (κ3) is 3.39. The van der Waals surface area contributed by atoms with Crippen molar-refractivity contribution in [2.24, 2.45) is 11.7 Å². The van der Waals surface area contributed by atoms with E-state index in [0.717, 1.165) is 25.2 Å². The van der Waals surface area contributed by atoms with Crippen LogP contribution in [0.5, 0.6) is 0 Å². The molecule has 0 bridgehead atoms. The van der Waals surface area contributed by atoms with Crippen molar-refractivity contribution in [2.45, 2.75) is 27.2 Å². The Hall–Kier alpha value is -1.71. The van der Waals surface area contributed by atoms with Crippen LogP contribution in [0.1, 0.15) is 37.6 Å². The Balaban J connectivity index is 3.10. The Labute approximate surface area is 109 Å². The Bertz CT molecular complexity index is 418. The molecule has 1 amide bonds. The van der Waals surface area contributed by atoms with Crippen molar-refractivity contribution in [2.75, 3.05) is 23.7 Å². The van der Waals surface area contributed by atoms with Gasteiger partial charge in [-0.1, -0.05) is 20.3 Å². The number of carbonyl (C=O) groups is 1. The van der Waals surface area contributed by atoms with E-state index < -0.39 is 5.91 Å². The molecule has 1 atom stereocenters. The van der Waals surface area contributed by atoms with Gasteiger partial charge in [-0.2, -0.15) is 0 Å². The molecule has 4 N–H and O–H groups in total. The average molecular weight is 249 g/mol. The highest BCUT2D eigenvalue weighted by molar-refractivity contribution is 5.99. The maximum Gasteiger partial charge on any atom is 0.250 e. The minimum absolute atomic E-state index is 0.410. The van der Waals surface area contributed by atoms with Gasteiger partial charge in [-0.25, -0.2) is 0 Å². The number of hydrogen-bond acceptors (Lipinski definition) is 3. The van der Waals surface area contributed by atoms with Crippen LogP contribution in [0.15, 0.2) is 18.2 Å².